The van der Waals surface area contributed by atoms with Crippen molar-refractivity contribution in [1.82, 2.24) is 18.8 Å². The van der Waals surface area contributed by atoms with Crippen LogP contribution in [0.5, 0.6) is 0 Å². The quantitative estimate of drug-likeness (QED) is 0.199. The molecular formula is C27H35N7O5S. The van der Waals surface area contributed by atoms with E-state index in [9.17, 15) is 18.0 Å². The third-order valence-electron chi connectivity index (χ3n) is 7.44. The van der Waals surface area contributed by atoms with E-state index in [2.05, 4.69) is 5.32 Å². The van der Waals surface area contributed by atoms with E-state index in [0.717, 1.165) is 34.2 Å². The van der Waals surface area contributed by atoms with Crippen LogP contribution in [0, 0.1) is 5.41 Å². The van der Waals surface area contributed by atoms with Gasteiger partial charge in [0.25, 0.3) is 0 Å². The number of amidine groups is 1. The molecule has 1 aliphatic rings. The van der Waals surface area contributed by atoms with E-state index < -0.39 is 27.2 Å². The summed E-state index contributed by atoms with van der Waals surface area (Å²) in [6.07, 6.45) is 1.75. The second-order valence-corrected chi connectivity index (χ2v) is 12.4. The highest BCUT2D eigenvalue weighted by molar-refractivity contribution is 7.89. The van der Waals surface area contributed by atoms with Crippen LogP contribution in [0.2, 0.25) is 0 Å². The number of imidazole rings is 1. The maximum Gasteiger partial charge on any atom is 0.320 e. The van der Waals surface area contributed by atoms with Crippen LogP contribution in [0.1, 0.15) is 36.7 Å². The molecule has 214 valence electrons. The van der Waals surface area contributed by atoms with Gasteiger partial charge in [-0.15, -0.1) is 0 Å². The van der Waals surface area contributed by atoms with E-state index in [4.69, 9.17) is 21.2 Å². The van der Waals surface area contributed by atoms with Crippen molar-refractivity contribution in [2.75, 3.05) is 37.8 Å². The lowest BCUT2D eigenvalue weighted by Gasteiger charge is -2.35. The van der Waals surface area contributed by atoms with Gasteiger partial charge in [0.15, 0.2) is 5.75 Å². The van der Waals surface area contributed by atoms with Crippen molar-refractivity contribution in [3.05, 3.63) is 59.4 Å². The Morgan fingerprint density at radius 1 is 1.18 bits per heavy atom. The van der Waals surface area contributed by atoms with Crippen molar-refractivity contribution in [2.45, 2.75) is 31.7 Å². The number of carbonyl (C=O) groups excluding carboxylic acids is 1. The predicted octanol–water partition coefficient (Wildman–Crippen LogP) is 1.70. The fraction of sp³-hybridized carbons (Fsp3) is 0.407. The molecule has 40 heavy (non-hydrogen) atoms. The molecule has 13 heteroatoms. The van der Waals surface area contributed by atoms with Crippen LogP contribution in [0.3, 0.4) is 0 Å². The molecule has 0 saturated carbocycles. The fourth-order valence-electron chi connectivity index (χ4n) is 5.06. The number of aliphatic carboxylic acids is 1. The minimum atomic E-state index is -4.13. The Hall–Kier alpha value is -3.97. The second kappa shape index (κ2) is 11.3. The zero-order valence-corrected chi connectivity index (χ0v) is 23.7. The molecule has 12 nitrogen and oxygen atoms in total. The summed E-state index contributed by atoms with van der Waals surface area (Å²) in [6.45, 7) is 3.10. The molecule has 1 fully saturated rings. The van der Waals surface area contributed by atoms with Crippen LogP contribution >= 0.6 is 0 Å². The average molecular weight is 570 g/mol. The lowest BCUT2D eigenvalue weighted by Crippen LogP contribution is -2.51. The molecule has 1 saturated heterocycles. The number of nitrogens with one attached hydrogen (secondary N) is 2. The van der Waals surface area contributed by atoms with Crippen molar-refractivity contribution < 1.29 is 23.1 Å². The Morgan fingerprint density at radius 2 is 1.82 bits per heavy atom. The number of fused-ring (bicyclic) bond motifs is 1. The van der Waals surface area contributed by atoms with Crippen LogP contribution < -0.4 is 11.1 Å². The van der Waals surface area contributed by atoms with Crippen molar-refractivity contribution in [2.24, 2.45) is 12.8 Å². The number of aromatic nitrogens is 2. The number of amides is 1. The van der Waals surface area contributed by atoms with E-state index in [1.807, 2.05) is 41.9 Å². The number of carboxylic acids is 1. The Bertz CT molecular complexity index is 1550. The van der Waals surface area contributed by atoms with Crippen molar-refractivity contribution in [3.63, 3.8) is 0 Å². The topological polar surface area (TPSA) is 175 Å². The molecule has 1 atom stereocenters. The zero-order valence-electron chi connectivity index (χ0n) is 22.8. The Kier molecular flexibility index (Phi) is 8.17. The maximum absolute atomic E-state index is 13.8. The van der Waals surface area contributed by atoms with Crippen molar-refractivity contribution in [3.8, 4) is 0 Å². The monoisotopic (exact) mass is 569 g/mol. The lowest BCUT2D eigenvalue weighted by atomic mass is 9.80. The number of hydrogen-bond acceptors (Lipinski definition) is 7. The summed E-state index contributed by atoms with van der Waals surface area (Å²) in [5, 5.41) is 19.9. The molecule has 1 aromatic heterocycles. The first-order chi connectivity index (χ1) is 18.8. The second-order valence-electron chi connectivity index (χ2n) is 10.4. The summed E-state index contributed by atoms with van der Waals surface area (Å²) >= 11 is 0. The first-order valence-corrected chi connectivity index (χ1v) is 14.5. The molecule has 1 unspecified atom stereocenters. The van der Waals surface area contributed by atoms with E-state index in [1.165, 1.54) is 7.05 Å². The van der Waals surface area contributed by atoms with E-state index in [0.29, 0.717) is 36.3 Å². The molecule has 0 radical (unpaired) electrons. The van der Waals surface area contributed by atoms with Gasteiger partial charge in [-0.05, 0) is 61.7 Å². The zero-order chi connectivity index (χ0) is 29.2. The SMILES string of the molecule is CN(CC(C)(C(=O)N1CCCC1)c1ccc2c(c1)nc(CNc1ccc(C(=N)N)cc1)n2C)S(=O)(=O)CC(=O)O. The number of rotatable bonds is 11. The smallest absolute Gasteiger partial charge is 0.320 e. The van der Waals surface area contributed by atoms with E-state index >= 15 is 0 Å². The summed E-state index contributed by atoms with van der Waals surface area (Å²) in [5.41, 5.74) is 7.84. The molecule has 1 amide bonds. The highest BCUT2D eigenvalue weighted by Crippen LogP contribution is 2.32. The number of likely N-dealkylation sites (tertiary alicyclic amines) is 1. The molecule has 4 rings (SSSR count). The highest BCUT2D eigenvalue weighted by atomic mass is 32.2. The summed E-state index contributed by atoms with van der Waals surface area (Å²) in [6, 6.07) is 12.7. The van der Waals surface area contributed by atoms with Crippen LogP contribution in [0.25, 0.3) is 11.0 Å². The number of benzene rings is 2. The molecule has 0 spiro atoms. The van der Waals surface area contributed by atoms with Gasteiger partial charge in [-0.3, -0.25) is 15.0 Å². The van der Waals surface area contributed by atoms with Crippen molar-refractivity contribution in [1.29, 1.82) is 5.41 Å². The number of likely N-dealkylation sites (N-methyl/N-ethyl adjacent to an activating group) is 1. The summed E-state index contributed by atoms with van der Waals surface area (Å²) in [7, 11) is -0.928. The normalized spacial score (nSPS) is 15.3. The number of nitrogen functional groups attached to an aromatic ring is 1. The number of hydrogen-bond donors (Lipinski definition) is 4. The van der Waals surface area contributed by atoms with Gasteiger partial charge in [-0.25, -0.2) is 17.7 Å². The van der Waals surface area contributed by atoms with E-state index in [1.54, 1.807) is 24.0 Å². The van der Waals surface area contributed by atoms with Gasteiger partial charge in [0.2, 0.25) is 15.9 Å². The van der Waals surface area contributed by atoms with Gasteiger partial charge in [-0.2, -0.15) is 0 Å². The Morgan fingerprint density at radius 3 is 2.42 bits per heavy atom. The molecular weight excluding hydrogens is 534 g/mol. The third kappa shape index (κ3) is 5.94. The molecule has 2 aromatic carbocycles. The largest absolute Gasteiger partial charge is 0.480 e. The lowest BCUT2D eigenvalue weighted by molar-refractivity contribution is -0.136. The van der Waals surface area contributed by atoms with Gasteiger partial charge < -0.3 is 25.6 Å². The summed E-state index contributed by atoms with van der Waals surface area (Å²) in [5.74, 6) is -1.96. The predicted molar refractivity (Wildman–Crippen MR) is 153 cm³/mol. The molecule has 5 N–H and O–H groups in total. The maximum atomic E-state index is 13.8. The molecule has 3 aromatic rings. The fourth-order valence-corrected chi connectivity index (χ4v) is 6.05. The number of nitrogens with two attached hydrogens (primary N) is 1. The third-order valence-corrected chi connectivity index (χ3v) is 9.13. The van der Waals surface area contributed by atoms with Gasteiger partial charge in [0.05, 0.1) is 23.0 Å². The van der Waals surface area contributed by atoms with Gasteiger partial charge in [-0.1, -0.05) is 6.07 Å². The van der Waals surface area contributed by atoms with Gasteiger partial charge >= 0.3 is 5.97 Å². The minimum absolute atomic E-state index is 0.00130. The molecule has 2 heterocycles. The molecule has 1 aliphatic heterocycles. The number of aryl methyl sites for hydroxylation is 1. The standard InChI is InChI=1S/C27H35N7O5S/c1-27(26(37)34-12-4-5-13-34,17-32(2)40(38,39)16-24(35)36)19-8-11-22-21(14-19)31-23(33(22)3)15-30-20-9-6-18(7-10-20)25(28)29/h6-11,14,30H,4-5,12-13,15-17H2,1-3H3,(H3,28,29)(H,35,36). The Labute approximate surface area is 233 Å². The van der Waals surface area contributed by atoms with Crippen LogP contribution in [0.15, 0.2) is 42.5 Å². The van der Waals surface area contributed by atoms with Crippen LogP contribution in [0.4, 0.5) is 5.69 Å². The minimum Gasteiger partial charge on any atom is -0.480 e. The van der Waals surface area contributed by atoms with E-state index in [-0.39, 0.29) is 18.3 Å². The number of nitrogens with zero attached hydrogens (tertiary/aromatic N) is 4. The number of carboxylic acid groups (broad SMARTS) is 1. The van der Waals surface area contributed by atoms with Gasteiger partial charge in [0, 0.05) is 45.0 Å². The summed E-state index contributed by atoms with van der Waals surface area (Å²) < 4.78 is 28.3. The average Bonchev–Trinajstić information content (AvgIpc) is 3.54. The molecule has 0 aliphatic carbocycles. The first-order valence-electron chi connectivity index (χ1n) is 12.9. The summed E-state index contributed by atoms with van der Waals surface area (Å²) in [4.78, 5) is 31.5. The first kappa shape index (κ1) is 29.0. The van der Waals surface area contributed by atoms with Gasteiger partial charge in [0.1, 0.15) is 11.7 Å². The number of anilines is 1. The van der Waals surface area contributed by atoms with Crippen LogP contribution in [-0.2, 0) is 38.6 Å². The Balaban J connectivity index is 1.65. The number of carbonyl (C=O) groups is 2. The van der Waals surface area contributed by atoms with Crippen LogP contribution in [-0.4, -0.2) is 82.4 Å². The molecule has 0 bridgehead atoms. The van der Waals surface area contributed by atoms with Crippen molar-refractivity contribution >= 4 is 44.5 Å². The highest BCUT2D eigenvalue weighted by Gasteiger charge is 2.42. The number of sulfonamides is 1.